The van der Waals surface area contributed by atoms with Gasteiger partial charge in [0.25, 0.3) is 0 Å². The first-order chi connectivity index (χ1) is 25.2. The van der Waals surface area contributed by atoms with Crippen molar-refractivity contribution in [1.29, 1.82) is 0 Å². The van der Waals surface area contributed by atoms with E-state index in [0.29, 0.717) is 5.92 Å². The Morgan fingerprint density at radius 1 is 0.667 bits per heavy atom. The van der Waals surface area contributed by atoms with Gasteiger partial charge in [-0.05, 0) is 73.0 Å². The van der Waals surface area contributed by atoms with Crippen LogP contribution in [0.15, 0.2) is 140 Å². The first-order valence-corrected chi connectivity index (χ1v) is 18.9. The van der Waals surface area contributed by atoms with E-state index in [1.165, 1.54) is 97.5 Å². The molecule has 0 N–H and O–H groups in total. The maximum absolute atomic E-state index is 2.62. The van der Waals surface area contributed by atoms with Crippen LogP contribution < -0.4 is 9.13 Å². The van der Waals surface area contributed by atoms with Crippen molar-refractivity contribution in [2.24, 2.45) is 0 Å². The van der Waals surface area contributed by atoms with Crippen molar-refractivity contribution < 1.29 is 9.13 Å². The monoisotopic (exact) mass is 671 g/mol. The van der Waals surface area contributed by atoms with Crippen LogP contribution in [0.1, 0.15) is 35.1 Å². The molecule has 0 saturated carbocycles. The van der Waals surface area contributed by atoms with Crippen LogP contribution in [0.3, 0.4) is 0 Å². The third kappa shape index (κ3) is 3.73. The van der Waals surface area contributed by atoms with Gasteiger partial charge in [-0.15, -0.1) is 11.3 Å². The van der Waals surface area contributed by atoms with E-state index in [4.69, 9.17) is 0 Å². The molecule has 0 saturated heterocycles. The van der Waals surface area contributed by atoms with Crippen LogP contribution in [0, 0.1) is 6.92 Å². The minimum atomic E-state index is 0.271. The van der Waals surface area contributed by atoms with Crippen LogP contribution in [0.25, 0.3) is 87.0 Å². The van der Waals surface area contributed by atoms with Crippen molar-refractivity contribution in [3.63, 3.8) is 0 Å². The maximum Gasteiger partial charge on any atom is 0.218 e. The fourth-order valence-corrected chi connectivity index (χ4v) is 10.8. The minimum absolute atomic E-state index is 0.271. The van der Waals surface area contributed by atoms with E-state index in [9.17, 15) is 0 Å². The Balaban J connectivity index is 1.22. The lowest BCUT2D eigenvalue weighted by atomic mass is 9.78. The fourth-order valence-electron chi connectivity index (χ4n) is 9.74. The molecule has 2 atom stereocenters. The van der Waals surface area contributed by atoms with E-state index in [1.54, 1.807) is 0 Å². The van der Waals surface area contributed by atoms with Crippen LogP contribution >= 0.6 is 11.3 Å². The number of para-hydroxylation sites is 1. The van der Waals surface area contributed by atoms with Crippen molar-refractivity contribution in [3.05, 3.63) is 156 Å². The average Bonchev–Trinajstić information content (AvgIpc) is 3.82. The standard InChI is InChI=1S/C47H33N3S/c1-28-18-20-39-37-26-38-34-14-8-13-33-35-19-21-44-45(36-12-4-5-17-43(36)51-44)47(35)50(46(33)34)42(38)25-29(37)24-41-32(15-9-22-48(39)27-28)30-10-2-3-11-31(30)40-16-6-7-23-49(40)41/h2-14,16-23,25-27,32,41H,15,24H2,1H3/q+2/b22-9+. The molecule has 2 aliphatic heterocycles. The second-order valence-corrected chi connectivity index (χ2v) is 15.7. The third-order valence-electron chi connectivity index (χ3n) is 11.9. The van der Waals surface area contributed by atoms with E-state index >= 15 is 0 Å². The van der Waals surface area contributed by atoms with Crippen molar-refractivity contribution in [2.45, 2.75) is 31.7 Å². The summed E-state index contributed by atoms with van der Waals surface area (Å²) in [5.74, 6) is 0.346. The number of nitrogens with zero attached hydrogens (tertiary/aromatic N) is 3. The Kier molecular flexibility index (Phi) is 5.54. The summed E-state index contributed by atoms with van der Waals surface area (Å²) >= 11 is 1.90. The fraction of sp³-hybridized carbons (Fsp3) is 0.106. The van der Waals surface area contributed by atoms with Gasteiger partial charge in [-0.3, -0.25) is 0 Å². The predicted molar refractivity (Wildman–Crippen MR) is 212 cm³/mol. The Morgan fingerprint density at radius 3 is 2.45 bits per heavy atom. The molecule has 0 aliphatic carbocycles. The molecule has 5 aromatic carbocycles. The van der Waals surface area contributed by atoms with Gasteiger partial charge < -0.3 is 4.40 Å². The summed E-state index contributed by atoms with van der Waals surface area (Å²) < 4.78 is 10.2. The first kappa shape index (κ1) is 27.9. The number of thiophene rings is 1. The summed E-state index contributed by atoms with van der Waals surface area (Å²) in [6.07, 6.45) is 11.2. The van der Waals surface area contributed by atoms with Gasteiger partial charge in [0.1, 0.15) is 0 Å². The lowest BCUT2D eigenvalue weighted by Crippen LogP contribution is -2.48. The van der Waals surface area contributed by atoms with Crippen LogP contribution in [-0.2, 0) is 6.42 Å². The predicted octanol–water partition coefficient (Wildman–Crippen LogP) is 11.2. The number of aryl methyl sites for hydroxylation is 1. The lowest BCUT2D eigenvalue weighted by Gasteiger charge is -2.30. The number of rotatable bonds is 0. The largest absolute Gasteiger partial charge is 0.307 e. The highest BCUT2D eigenvalue weighted by Gasteiger charge is 2.40. The highest BCUT2D eigenvalue weighted by atomic mass is 32.1. The number of allylic oxidation sites excluding steroid dienone is 1. The Hall–Kier alpha value is -5.84. The number of hydrogen-bond donors (Lipinski definition) is 0. The highest BCUT2D eigenvalue weighted by Crippen LogP contribution is 2.48. The summed E-state index contributed by atoms with van der Waals surface area (Å²) in [6, 6.07) is 46.3. The Labute approximate surface area is 298 Å². The molecule has 51 heavy (non-hydrogen) atoms. The Bertz CT molecular complexity index is 3120. The molecule has 0 amide bonds. The normalized spacial score (nSPS) is 17.5. The van der Waals surface area contributed by atoms with E-state index in [-0.39, 0.29) is 6.04 Å². The number of benzene rings is 5. The van der Waals surface area contributed by atoms with Crippen LogP contribution in [0.2, 0.25) is 0 Å². The van der Waals surface area contributed by atoms with E-state index < -0.39 is 0 Å². The van der Waals surface area contributed by atoms with Crippen molar-refractivity contribution in [2.75, 3.05) is 0 Å². The molecule has 2 unspecified atom stereocenters. The molecule has 4 heteroatoms. The van der Waals surface area contributed by atoms with Gasteiger partial charge in [-0.25, -0.2) is 0 Å². The van der Waals surface area contributed by atoms with Gasteiger partial charge in [0, 0.05) is 77.5 Å². The molecular formula is C47H33N3S+2. The van der Waals surface area contributed by atoms with E-state index in [0.717, 1.165) is 12.8 Å². The van der Waals surface area contributed by atoms with Gasteiger partial charge in [-0.1, -0.05) is 60.7 Å². The summed E-state index contributed by atoms with van der Waals surface area (Å²) in [5.41, 5.74) is 13.3. The second kappa shape index (κ2) is 10.1. The zero-order valence-electron chi connectivity index (χ0n) is 28.2. The molecule has 0 spiro atoms. The molecule has 5 aromatic heterocycles. The summed E-state index contributed by atoms with van der Waals surface area (Å²) in [4.78, 5) is 0. The van der Waals surface area contributed by atoms with Crippen LogP contribution in [-0.4, -0.2) is 4.40 Å². The SMILES string of the molecule is Cc1ccc2[n+](c1)/C=C/CC1c3ccccc3-c3cccc[n+]3C1Cc1cc3c(cc1-2)c1cccc2c4ccc5sc6ccccc6c5c4n3c12. The maximum atomic E-state index is 2.62. The van der Waals surface area contributed by atoms with Crippen molar-refractivity contribution in [1.82, 2.24) is 4.40 Å². The number of hydrogen-bond acceptors (Lipinski definition) is 1. The molecular weight excluding hydrogens is 639 g/mol. The smallest absolute Gasteiger partial charge is 0.218 e. The molecule has 12 rings (SSSR count). The summed E-state index contributed by atoms with van der Waals surface area (Å²) in [6.45, 7) is 2.19. The van der Waals surface area contributed by atoms with Gasteiger partial charge in [0.15, 0.2) is 24.6 Å². The van der Waals surface area contributed by atoms with Gasteiger partial charge >= 0.3 is 0 Å². The molecule has 240 valence electrons. The first-order valence-electron chi connectivity index (χ1n) is 18.0. The molecule has 0 radical (unpaired) electrons. The van der Waals surface area contributed by atoms with Gasteiger partial charge in [0.2, 0.25) is 11.4 Å². The quantitative estimate of drug-likeness (QED) is 0.142. The van der Waals surface area contributed by atoms with Gasteiger partial charge in [-0.2, -0.15) is 9.13 Å². The second-order valence-electron chi connectivity index (χ2n) is 14.6. The number of aromatic nitrogens is 3. The topological polar surface area (TPSA) is 12.2 Å². The van der Waals surface area contributed by atoms with Gasteiger partial charge in [0.05, 0.1) is 28.0 Å². The molecule has 7 heterocycles. The molecule has 2 aliphatic rings. The molecule has 3 nitrogen and oxygen atoms in total. The molecule has 0 fully saturated rings. The third-order valence-corrected chi connectivity index (χ3v) is 13.0. The zero-order valence-corrected chi connectivity index (χ0v) is 29.0. The van der Waals surface area contributed by atoms with E-state index in [1.807, 2.05) is 11.3 Å². The number of pyridine rings is 2. The van der Waals surface area contributed by atoms with Crippen molar-refractivity contribution in [3.8, 4) is 22.5 Å². The zero-order chi connectivity index (χ0) is 33.4. The highest BCUT2D eigenvalue weighted by molar-refractivity contribution is 7.26. The minimum Gasteiger partial charge on any atom is -0.307 e. The average molecular weight is 672 g/mol. The summed E-state index contributed by atoms with van der Waals surface area (Å²) in [5, 5.41) is 8.03. The van der Waals surface area contributed by atoms with E-state index in [2.05, 4.69) is 166 Å². The number of fused-ring (bicyclic) bond motifs is 19. The molecule has 10 aromatic rings. The van der Waals surface area contributed by atoms with Crippen molar-refractivity contribution >= 4 is 75.8 Å². The molecule has 0 bridgehead atoms. The lowest BCUT2D eigenvalue weighted by molar-refractivity contribution is -0.718. The van der Waals surface area contributed by atoms with Crippen LogP contribution in [0.5, 0.6) is 0 Å². The Morgan fingerprint density at radius 2 is 1.49 bits per heavy atom. The summed E-state index contributed by atoms with van der Waals surface area (Å²) in [7, 11) is 0. The van der Waals surface area contributed by atoms with Crippen LogP contribution in [0.4, 0.5) is 0 Å².